The van der Waals surface area contributed by atoms with Crippen molar-refractivity contribution >= 4 is 27.5 Å². The monoisotopic (exact) mass is 279 g/mol. The number of anilines is 1. The molecule has 0 fully saturated rings. The molecule has 3 aromatic rings. The maximum Gasteiger partial charge on any atom is 0.223 e. The number of halogens is 1. The second-order valence-corrected chi connectivity index (χ2v) is 3.97. The van der Waals surface area contributed by atoms with Crippen LogP contribution in [0.15, 0.2) is 33.5 Å². The number of nitrogens with zero attached hydrogens (tertiary/aromatic N) is 4. The highest BCUT2D eigenvalue weighted by Crippen LogP contribution is 2.21. The van der Waals surface area contributed by atoms with E-state index >= 15 is 0 Å². The summed E-state index contributed by atoms with van der Waals surface area (Å²) >= 11 is 3.34. The molecule has 2 N–H and O–H groups in total. The van der Waals surface area contributed by atoms with Crippen LogP contribution < -0.4 is 5.73 Å². The zero-order chi connectivity index (χ0) is 11.1. The largest absolute Gasteiger partial charge is 0.461 e. The lowest BCUT2D eigenvalue weighted by atomic mass is 10.4. The van der Waals surface area contributed by atoms with Crippen LogP contribution >= 0.6 is 15.9 Å². The Balaban J connectivity index is 2.31. The SMILES string of the molecule is Nc1ncc(Br)c2nc(-c3ccco3)nn12. The smallest absolute Gasteiger partial charge is 0.223 e. The van der Waals surface area contributed by atoms with Crippen LogP contribution in [0.2, 0.25) is 0 Å². The Morgan fingerprint density at radius 3 is 3.00 bits per heavy atom. The number of hydrogen-bond acceptors (Lipinski definition) is 5. The van der Waals surface area contributed by atoms with Crippen molar-refractivity contribution in [3.63, 3.8) is 0 Å². The van der Waals surface area contributed by atoms with Gasteiger partial charge in [-0.15, -0.1) is 5.10 Å². The highest BCUT2D eigenvalue weighted by Gasteiger charge is 2.12. The summed E-state index contributed by atoms with van der Waals surface area (Å²) in [4.78, 5) is 8.27. The first-order valence-electron chi connectivity index (χ1n) is 4.46. The highest BCUT2D eigenvalue weighted by atomic mass is 79.9. The Morgan fingerprint density at radius 1 is 1.44 bits per heavy atom. The van der Waals surface area contributed by atoms with Crippen LogP contribution in [0.25, 0.3) is 17.2 Å². The van der Waals surface area contributed by atoms with Gasteiger partial charge in [-0.25, -0.2) is 9.97 Å². The average molecular weight is 280 g/mol. The third kappa shape index (κ3) is 1.28. The van der Waals surface area contributed by atoms with Crippen LogP contribution in [0.4, 0.5) is 5.95 Å². The van der Waals surface area contributed by atoms with Crippen LogP contribution in [-0.2, 0) is 0 Å². The number of hydrogen-bond donors (Lipinski definition) is 1. The number of rotatable bonds is 1. The first-order chi connectivity index (χ1) is 7.75. The number of nitrogen functional groups attached to an aromatic ring is 1. The number of nitrogens with two attached hydrogens (primary N) is 1. The molecule has 0 spiro atoms. The molecule has 0 aromatic carbocycles. The van der Waals surface area contributed by atoms with Crippen molar-refractivity contribution in [1.29, 1.82) is 0 Å². The standard InChI is InChI=1S/C9H6BrN5O/c10-5-4-12-9(11)15-8(5)13-7(14-15)6-2-1-3-16-6/h1-4H,(H2,11,12). The molecule has 0 atom stereocenters. The van der Waals surface area contributed by atoms with Gasteiger partial charge in [-0.2, -0.15) is 4.52 Å². The van der Waals surface area contributed by atoms with Gasteiger partial charge in [0.2, 0.25) is 11.8 Å². The molecule has 3 rings (SSSR count). The second kappa shape index (κ2) is 3.31. The van der Waals surface area contributed by atoms with Crippen LogP contribution in [0, 0.1) is 0 Å². The van der Waals surface area contributed by atoms with E-state index in [0.29, 0.717) is 17.2 Å². The zero-order valence-corrected chi connectivity index (χ0v) is 9.55. The van der Waals surface area contributed by atoms with Gasteiger partial charge in [-0.05, 0) is 28.1 Å². The van der Waals surface area contributed by atoms with Gasteiger partial charge in [0.25, 0.3) is 0 Å². The quantitative estimate of drug-likeness (QED) is 0.734. The lowest BCUT2D eigenvalue weighted by Crippen LogP contribution is -2.01. The fourth-order valence-electron chi connectivity index (χ4n) is 1.37. The predicted molar refractivity (Wildman–Crippen MR) is 60.6 cm³/mol. The maximum absolute atomic E-state index is 5.69. The Bertz CT molecular complexity index is 606. The van der Waals surface area contributed by atoms with E-state index in [1.54, 1.807) is 24.6 Å². The Morgan fingerprint density at radius 2 is 2.31 bits per heavy atom. The molecule has 0 saturated heterocycles. The molecule has 80 valence electrons. The van der Waals surface area contributed by atoms with Gasteiger partial charge >= 0.3 is 0 Å². The van der Waals surface area contributed by atoms with Crippen molar-refractivity contribution in [2.24, 2.45) is 0 Å². The van der Waals surface area contributed by atoms with Crippen molar-refractivity contribution < 1.29 is 4.42 Å². The topological polar surface area (TPSA) is 82.2 Å². The molecule has 0 aliphatic rings. The summed E-state index contributed by atoms with van der Waals surface area (Å²) < 4.78 is 7.40. The summed E-state index contributed by atoms with van der Waals surface area (Å²) in [5.41, 5.74) is 6.30. The molecule has 6 nitrogen and oxygen atoms in total. The van der Waals surface area contributed by atoms with Gasteiger partial charge in [0.15, 0.2) is 11.4 Å². The average Bonchev–Trinajstić information content (AvgIpc) is 2.90. The molecule has 7 heteroatoms. The van der Waals surface area contributed by atoms with Crippen LogP contribution in [0.3, 0.4) is 0 Å². The van der Waals surface area contributed by atoms with Crippen LogP contribution in [-0.4, -0.2) is 19.6 Å². The fraction of sp³-hybridized carbons (Fsp3) is 0. The van der Waals surface area contributed by atoms with Crippen molar-refractivity contribution in [2.45, 2.75) is 0 Å². The number of aromatic nitrogens is 4. The molecule has 0 amide bonds. The molecular formula is C9H6BrN5O. The number of fused-ring (bicyclic) bond motifs is 1. The minimum atomic E-state index is 0.281. The van der Waals surface area contributed by atoms with E-state index in [9.17, 15) is 0 Å². The summed E-state index contributed by atoms with van der Waals surface area (Å²) in [6.45, 7) is 0. The maximum atomic E-state index is 5.69. The van der Waals surface area contributed by atoms with E-state index in [1.807, 2.05) is 0 Å². The fourth-order valence-corrected chi connectivity index (χ4v) is 1.73. The molecule has 3 aromatic heterocycles. The molecule has 0 aliphatic heterocycles. The van der Waals surface area contributed by atoms with Gasteiger partial charge < -0.3 is 10.2 Å². The minimum Gasteiger partial charge on any atom is -0.461 e. The van der Waals surface area contributed by atoms with Gasteiger partial charge in [0.1, 0.15) is 0 Å². The van der Waals surface area contributed by atoms with Crippen LogP contribution in [0.5, 0.6) is 0 Å². The number of furan rings is 1. The highest BCUT2D eigenvalue weighted by molar-refractivity contribution is 9.10. The zero-order valence-electron chi connectivity index (χ0n) is 7.96. The lowest BCUT2D eigenvalue weighted by molar-refractivity contribution is 0.577. The van der Waals surface area contributed by atoms with Crippen molar-refractivity contribution in [1.82, 2.24) is 19.6 Å². The second-order valence-electron chi connectivity index (χ2n) is 3.11. The first-order valence-corrected chi connectivity index (χ1v) is 5.25. The third-order valence-electron chi connectivity index (χ3n) is 2.09. The molecule has 0 aliphatic carbocycles. The third-order valence-corrected chi connectivity index (χ3v) is 2.65. The molecule has 0 bridgehead atoms. The van der Waals surface area contributed by atoms with E-state index in [-0.39, 0.29) is 5.95 Å². The minimum absolute atomic E-state index is 0.281. The molecule has 0 unspecified atom stereocenters. The summed E-state index contributed by atoms with van der Waals surface area (Å²) in [6.07, 6.45) is 3.16. The Hall–Kier alpha value is -1.89. The molecular weight excluding hydrogens is 274 g/mol. The lowest BCUT2D eigenvalue weighted by Gasteiger charge is -1.96. The molecule has 0 saturated carbocycles. The van der Waals surface area contributed by atoms with Gasteiger partial charge in [0.05, 0.1) is 10.7 Å². The van der Waals surface area contributed by atoms with E-state index in [0.717, 1.165) is 4.47 Å². The normalized spacial score (nSPS) is 11.1. The van der Waals surface area contributed by atoms with Crippen molar-refractivity contribution in [3.05, 3.63) is 29.1 Å². The van der Waals surface area contributed by atoms with E-state index in [4.69, 9.17) is 10.2 Å². The van der Waals surface area contributed by atoms with Gasteiger partial charge in [-0.3, -0.25) is 0 Å². The molecule has 3 heterocycles. The summed E-state index contributed by atoms with van der Waals surface area (Å²) in [5.74, 6) is 1.35. The Labute approximate surface area is 98.2 Å². The van der Waals surface area contributed by atoms with Crippen molar-refractivity contribution in [2.75, 3.05) is 5.73 Å². The summed E-state index contributed by atoms with van der Waals surface area (Å²) in [5, 5.41) is 4.21. The van der Waals surface area contributed by atoms with E-state index < -0.39 is 0 Å². The molecule has 0 radical (unpaired) electrons. The predicted octanol–water partition coefficient (Wildman–Crippen LogP) is 1.73. The first kappa shape index (κ1) is 9.34. The van der Waals surface area contributed by atoms with Gasteiger partial charge in [0, 0.05) is 6.20 Å². The van der Waals surface area contributed by atoms with E-state index in [2.05, 4.69) is 31.0 Å². The van der Waals surface area contributed by atoms with Gasteiger partial charge in [-0.1, -0.05) is 0 Å². The molecule has 16 heavy (non-hydrogen) atoms. The van der Waals surface area contributed by atoms with Crippen molar-refractivity contribution in [3.8, 4) is 11.6 Å². The van der Waals surface area contributed by atoms with E-state index in [1.165, 1.54) is 4.52 Å². The summed E-state index contributed by atoms with van der Waals surface area (Å²) in [6, 6.07) is 3.56. The Kier molecular flexibility index (Phi) is 1.93. The summed E-state index contributed by atoms with van der Waals surface area (Å²) in [7, 11) is 0. The van der Waals surface area contributed by atoms with Crippen LogP contribution in [0.1, 0.15) is 0 Å².